The molecule has 0 atom stereocenters. The molecule has 2 rings (SSSR count). The standard InChI is InChI=1S/C13H21N3O/c1-11(2)15-9-12-3-4-14-10-13(12)16-5-7-17-8-6-16/h3-4,10-11,15H,5-9H2,1-2H3. The van der Waals surface area contributed by atoms with Crippen LogP contribution in [0, 0.1) is 0 Å². The van der Waals surface area contributed by atoms with Gasteiger partial charge in [-0.3, -0.25) is 4.98 Å². The van der Waals surface area contributed by atoms with Gasteiger partial charge in [0.15, 0.2) is 0 Å². The van der Waals surface area contributed by atoms with Gasteiger partial charge >= 0.3 is 0 Å². The van der Waals surface area contributed by atoms with Crippen LogP contribution in [0.4, 0.5) is 5.69 Å². The molecule has 1 N–H and O–H groups in total. The predicted octanol–water partition coefficient (Wildman–Crippen LogP) is 1.42. The van der Waals surface area contributed by atoms with Crippen LogP contribution in [0.1, 0.15) is 19.4 Å². The third kappa shape index (κ3) is 3.41. The number of morpholine rings is 1. The maximum atomic E-state index is 5.38. The molecule has 1 aromatic heterocycles. The molecule has 1 aromatic rings. The largest absolute Gasteiger partial charge is 0.378 e. The van der Waals surface area contributed by atoms with Gasteiger partial charge in [-0.05, 0) is 11.6 Å². The summed E-state index contributed by atoms with van der Waals surface area (Å²) < 4.78 is 5.38. The van der Waals surface area contributed by atoms with Crippen molar-refractivity contribution in [2.45, 2.75) is 26.4 Å². The molecule has 0 amide bonds. The molecule has 0 radical (unpaired) electrons. The SMILES string of the molecule is CC(C)NCc1ccncc1N1CCOCC1. The van der Waals surface area contributed by atoms with Gasteiger partial charge in [-0.15, -0.1) is 0 Å². The number of rotatable bonds is 4. The first-order valence-electron chi connectivity index (χ1n) is 6.26. The van der Waals surface area contributed by atoms with E-state index in [0.717, 1.165) is 32.8 Å². The molecule has 0 bridgehead atoms. The maximum absolute atomic E-state index is 5.38. The molecule has 4 nitrogen and oxygen atoms in total. The van der Waals surface area contributed by atoms with Crippen LogP contribution in [-0.4, -0.2) is 37.3 Å². The second kappa shape index (κ2) is 5.98. The highest BCUT2D eigenvalue weighted by molar-refractivity contribution is 5.51. The molecule has 0 spiro atoms. The van der Waals surface area contributed by atoms with Crippen LogP contribution in [0.15, 0.2) is 18.5 Å². The van der Waals surface area contributed by atoms with E-state index in [2.05, 4.69) is 35.1 Å². The van der Waals surface area contributed by atoms with Crippen LogP contribution in [0.3, 0.4) is 0 Å². The van der Waals surface area contributed by atoms with Gasteiger partial charge in [0.1, 0.15) is 0 Å². The third-order valence-corrected chi connectivity index (χ3v) is 2.94. The van der Waals surface area contributed by atoms with Crippen LogP contribution in [-0.2, 0) is 11.3 Å². The minimum absolute atomic E-state index is 0.501. The van der Waals surface area contributed by atoms with Gasteiger partial charge < -0.3 is 15.0 Å². The summed E-state index contributed by atoms with van der Waals surface area (Å²) >= 11 is 0. The van der Waals surface area contributed by atoms with Gasteiger partial charge in [0.25, 0.3) is 0 Å². The van der Waals surface area contributed by atoms with E-state index >= 15 is 0 Å². The number of hydrogen-bond donors (Lipinski definition) is 1. The average Bonchev–Trinajstić information content (AvgIpc) is 2.38. The molecular weight excluding hydrogens is 214 g/mol. The zero-order valence-corrected chi connectivity index (χ0v) is 10.6. The number of nitrogens with zero attached hydrogens (tertiary/aromatic N) is 2. The number of ether oxygens (including phenoxy) is 1. The molecule has 2 heterocycles. The second-order valence-electron chi connectivity index (χ2n) is 4.64. The first-order chi connectivity index (χ1) is 8.27. The summed E-state index contributed by atoms with van der Waals surface area (Å²) in [7, 11) is 0. The van der Waals surface area contributed by atoms with Gasteiger partial charge in [-0.25, -0.2) is 0 Å². The lowest BCUT2D eigenvalue weighted by Crippen LogP contribution is -2.37. The summed E-state index contributed by atoms with van der Waals surface area (Å²) in [4.78, 5) is 6.59. The minimum Gasteiger partial charge on any atom is -0.378 e. The predicted molar refractivity (Wildman–Crippen MR) is 69.2 cm³/mol. The zero-order valence-electron chi connectivity index (χ0n) is 10.6. The van der Waals surface area contributed by atoms with Crippen LogP contribution in [0.25, 0.3) is 0 Å². The molecule has 0 unspecified atom stereocenters. The van der Waals surface area contributed by atoms with Gasteiger partial charge in [-0.1, -0.05) is 13.8 Å². The van der Waals surface area contributed by atoms with Crippen molar-refractivity contribution in [1.82, 2.24) is 10.3 Å². The number of hydrogen-bond acceptors (Lipinski definition) is 4. The molecule has 1 saturated heterocycles. The first kappa shape index (κ1) is 12.3. The van der Waals surface area contributed by atoms with Crippen molar-refractivity contribution in [3.8, 4) is 0 Å². The lowest BCUT2D eigenvalue weighted by molar-refractivity contribution is 0.122. The molecule has 4 heteroatoms. The zero-order chi connectivity index (χ0) is 12.1. The molecule has 0 aromatic carbocycles. The lowest BCUT2D eigenvalue weighted by Gasteiger charge is -2.30. The van der Waals surface area contributed by atoms with Crippen molar-refractivity contribution in [3.05, 3.63) is 24.0 Å². The first-order valence-corrected chi connectivity index (χ1v) is 6.26. The average molecular weight is 235 g/mol. The topological polar surface area (TPSA) is 37.4 Å². The molecule has 0 aliphatic carbocycles. The summed E-state index contributed by atoms with van der Waals surface area (Å²) in [6, 6.07) is 2.60. The van der Waals surface area contributed by atoms with Crippen molar-refractivity contribution in [3.63, 3.8) is 0 Å². The normalized spacial score (nSPS) is 16.5. The van der Waals surface area contributed by atoms with E-state index in [0.29, 0.717) is 6.04 Å². The van der Waals surface area contributed by atoms with Crippen LogP contribution in [0.2, 0.25) is 0 Å². The Labute approximate surface area is 103 Å². The van der Waals surface area contributed by atoms with Crippen molar-refractivity contribution >= 4 is 5.69 Å². The highest BCUT2D eigenvalue weighted by Gasteiger charge is 2.14. The van der Waals surface area contributed by atoms with E-state index in [1.165, 1.54) is 11.3 Å². The van der Waals surface area contributed by atoms with Crippen molar-refractivity contribution < 1.29 is 4.74 Å². The summed E-state index contributed by atoms with van der Waals surface area (Å²) in [6.07, 6.45) is 3.82. The van der Waals surface area contributed by atoms with E-state index in [1.54, 1.807) is 0 Å². The fraction of sp³-hybridized carbons (Fsp3) is 0.615. The van der Waals surface area contributed by atoms with Crippen LogP contribution in [0.5, 0.6) is 0 Å². The quantitative estimate of drug-likeness (QED) is 0.856. The Hall–Kier alpha value is -1.13. The van der Waals surface area contributed by atoms with Gasteiger partial charge in [0.05, 0.1) is 25.1 Å². The Morgan fingerprint density at radius 2 is 2.18 bits per heavy atom. The third-order valence-electron chi connectivity index (χ3n) is 2.94. The molecule has 94 valence electrons. The van der Waals surface area contributed by atoms with E-state index < -0.39 is 0 Å². The Kier molecular flexibility index (Phi) is 4.34. The molecule has 1 fully saturated rings. The number of anilines is 1. The second-order valence-corrected chi connectivity index (χ2v) is 4.64. The van der Waals surface area contributed by atoms with Gasteiger partial charge in [0, 0.05) is 31.9 Å². The highest BCUT2D eigenvalue weighted by atomic mass is 16.5. The number of pyridine rings is 1. The van der Waals surface area contributed by atoms with E-state index in [1.807, 2.05) is 12.4 Å². The van der Waals surface area contributed by atoms with Crippen LogP contribution >= 0.6 is 0 Å². The van der Waals surface area contributed by atoms with Crippen molar-refractivity contribution in [2.75, 3.05) is 31.2 Å². The molecule has 1 aliphatic heterocycles. The number of nitrogens with one attached hydrogen (secondary N) is 1. The van der Waals surface area contributed by atoms with E-state index in [4.69, 9.17) is 4.74 Å². The maximum Gasteiger partial charge on any atom is 0.0642 e. The van der Waals surface area contributed by atoms with Crippen LogP contribution < -0.4 is 10.2 Å². The Morgan fingerprint density at radius 1 is 1.41 bits per heavy atom. The summed E-state index contributed by atoms with van der Waals surface area (Å²) in [5.74, 6) is 0. The van der Waals surface area contributed by atoms with E-state index in [-0.39, 0.29) is 0 Å². The lowest BCUT2D eigenvalue weighted by atomic mass is 10.2. The Balaban J connectivity index is 2.09. The molecule has 1 aliphatic rings. The molecule has 17 heavy (non-hydrogen) atoms. The fourth-order valence-electron chi connectivity index (χ4n) is 1.97. The highest BCUT2D eigenvalue weighted by Crippen LogP contribution is 2.20. The smallest absolute Gasteiger partial charge is 0.0642 e. The summed E-state index contributed by atoms with van der Waals surface area (Å²) in [6.45, 7) is 8.76. The molecule has 0 saturated carbocycles. The van der Waals surface area contributed by atoms with Crippen molar-refractivity contribution in [1.29, 1.82) is 0 Å². The number of aromatic nitrogens is 1. The summed E-state index contributed by atoms with van der Waals surface area (Å²) in [5.41, 5.74) is 2.56. The summed E-state index contributed by atoms with van der Waals surface area (Å²) in [5, 5.41) is 3.46. The van der Waals surface area contributed by atoms with Gasteiger partial charge in [0.2, 0.25) is 0 Å². The minimum atomic E-state index is 0.501. The van der Waals surface area contributed by atoms with Gasteiger partial charge in [-0.2, -0.15) is 0 Å². The Morgan fingerprint density at radius 3 is 2.88 bits per heavy atom. The van der Waals surface area contributed by atoms with Crippen molar-refractivity contribution in [2.24, 2.45) is 0 Å². The van der Waals surface area contributed by atoms with E-state index in [9.17, 15) is 0 Å². The Bertz CT molecular complexity index is 348. The monoisotopic (exact) mass is 235 g/mol. The fourth-order valence-corrected chi connectivity index (χ4v) is 1.97. The molecular formula is C13H21N3O.